The van der Waals surface area contributed by atoms with Gasteiger partial charge in [-0.1, -0.05) is 13.8 Å². The molecule has 0 aliphatic rings. The Labute approximate surface area is 102 Å². The molecule has 1 aromatic rings. The molecule has 1 heterocycles. The molecule has 0 spiro atoms. The fourth-order valence-corrected chi connectivity index (χ4v) is 2.03. The monoisotopic (exact) mass is 239 g/mol. The summed E-state index contributed by atoms with van der Waals surface area (Å²) in [5.74, 6) is 0.614. The first-order valence-corrected chi connectivity index (χ1v) is 5.86. The molecular weight excluding hydrogens is 218 g/mol. The third-order valence-electron chi connectivity index (χ3n) is 3.27. The first-order chi connectivity index (χ1) is 8.01. The Kier molecular flexibility index (Phi) is 4.75. The topological polar surface area (TPSA) is 65.5 Å². The van der Waals surface area contributed by atoms with Gasteiger partial charge in [-0.15, -0.1) is 0 Å². The van der Waals surface area contributed by atoms with Crippen LogP contribution in [0, 0.1) is 5.41 Å². The molecule has 0 aromatic carbocycles. The van der Waals surface area contributed by atoms with Gasteiger partial charge in [0.15, 0.2) is 0 Å². The molecule has 2 N–H and O–H groups in total. The summed E-state index contributed by atoms with van der Waals surface area (Å²) in [6, 6.07) is 3.68. The van der Waals surface area contributed by atoms with Gasteiger partial charge in [0.05, 0.1) is 19.8 Å². The highest BCUT2D eigenvalue weighted by molar-refractivity contribution is 5.70. The molecule has 0 amide bonds. The van der Waals surface area contributed by atoms with Gasteiger partial charge in [0.25, 0.3) is 0 Å². The number of carbonyl (C=O) groups excluding carboxylic acids is 1. The molecule has 0 saturated carbocycles. The Morgan fingerprint density at radius 1 is 1.65 bits per heavy atom. The SMILES string of the molecule is CCC(N)C(C)(CC(=O)OC)Cc1ccco1. The lowest BCUT2D eigenvalue weighted by atomic mass is 9.75. The molecule has 2 unspecified atom stereocenters. The average molecular weight is 239 g/mol. The van der Waals surface area contributed by atoms with Gasteiger partial charge >= 0.3 is 5.97 Å². The van der Waals surface area contributed by atoms with E-state index in [4.69, 9.17) is 14.9 Å². The van der Waals surface area contributed by atoms with Gasteiger partial charge in [0.1, 0.15) is 5.76 Å². The number of hydrogen-bond donors (Lipinski definition) is 1. The van der Waals surface area contributed by atoms with Crippen LogP contribution in [0.4, 0.5) is 0 Å². The lowest BCUT2D eigenvalue weighted by molar-refractivity contribution is -0.143. The number of hydrogen-bond acceptors (Lipinski definition) is 4. The van der Waals surface area contributed by atoms with Crippen LogP contribution in [0.3, 0.4) is 0 Å². The molecule has 0 fully saturated rings. The molecule has 1 aromatic heterocycles. The highest BCUT2D eigenvalue weighted by Gasteiger charge is 2.34. The van der Waals surface area contributed by atoms with Crippen LogP contribution < -0.4 is 5.73 Å². The van der Waals surface area contributed by atoms with Crippen molar-refractivity contribution in [3.8, 4) is 0 Å². The average Bonchev–Trinajstić information content (AvgIpc) is 2.80. The lowest BCUT2D eigenvalue weighted by Crippen LogP contribution is -2.42. The maximum Gasteiger partial charge on any atom is 0.306 e. The van der Waals surface area contributed by atoms with Crippen LogP contribution in [0.15, 0.2) is 22.8 Å². The van der Waals surface area contributed by atoms with Crippen molar-refractivity contribution in [2.75, 3.05) is 7.11 Å². The molecule has 0 aliphatic heterocycles. The van der Waals surface area contributed by atoms with Crippen LogP contribution in [-0.4, -0.2) is 19.1 Å². The number of carbonyl (C=O) groups is 1. The third kappa shape index (κ3) is 3.60. The minimum absolute atomic E-state index is 0.0632. The summed E-state index contributed by atoms with van der Waals surface area (Å²) in [4.78, 5) is 11.5. The van der Waals surface area contributed by atoms with E-state index in [0.29, 0.717) is 12.8 Å². The van der Waals surface area contributed by atoms with Crippen LogP contribution in [0.2, 0.25) is 0 Å². The van der Waals surface area contributed by atoms with E-state index in [0.717, 1.165) is 12.2 Å². The molecule has 0 radical (unpaired) electrons. The Morgan fingerprint density at radius 3 is 2.82 bits per heavy atom. The second-order valence-electron chi connectivity index (χ2n) is 4.68. The van der Waals surface area contributed by atoms with Crippen molar-refractivity contribution in [3.63, 3.8) is 0 Å². The summed E-state index contributed by atoms with van der Waals surface area (Å²) in [7, 11) is 1.40. The van der Waals surface area contributed by atoms with Crippen LogP contribution in [0.1, 0.15) is 32.4 Å². The van der Waals surface area contributed by atoms with E-state index in [9.17, 15) is 4.79 Å². The normalized spacial score (nSPS) is 16.2. The van der Waals surface area contributed by atoms with Crippen LogP contribution in [-0.2, 0) is 16.0 Å². The minimum Gasteiger partial charge on any atom is -0.469 e. The van der Waals surface area contributed by atoms with E-state index >= 15 is 0 Å². The Bertz CT molecular complexity index is 348. The summed E-state index contributed by atoms with van der Waals surface area (Å²) < 4.78 is 10.1. The lowest BCUT2D eigenvalue weighted by Gasteiger charge is -2.33. The molecule has 4 nitrogen and oxygen atoms in total. The number of nitrogens with two attached hydrogens (primary N) is 1. The molecule has 0 aliphatic carbocycles. The summed E-state index contributed by atoms with van der Waals surface area (Å²) in [5, 5.41) is 0. The smallest absolute Gasteiger partial charge is 0.306 e. The van der Waals surface area contributed by atoms with E-state index < -0.39 is 0 Å². The molecular formula is C13H21NO3. The highest BCUT2D eigenvalue weighted by Crippen LogP contribution is 2.32. The zero-order chi connectivity index (χ0) is 12.9. The van der Waals surface area contributed by atoms with E-state index in [-0.39, 0.29) is 17.4 Å². The molecule has 1 rings (SSSR count). The maximum absolute atomic E-state index is 11.5. The van der Waals surface area contributed by atoms with Crippen molar-refractivity contribution in [1.82, 2.24) is 0 Å². The molecule has 4 heteroatoms. The van der Waals surface area contributed by atoms with Crippen LogP contribution >= 0.6 is 0 Å². The second kappa shape index (κ2) is 5.87. The van der Waals surface area contributed by atoms with Gasteiger partial charge in [-0.2, -0.15) is 0 Å². The van der Waals surface area contributed by atoms with Crippen molar-refractivity contribution < 1.29 is 13.9 Å². The number of furan rings is 1. The maximum atomic E-state index is 11.5. The summed E-state index contributed by atoms with van der Waals surface area (Å²) in [5.41, 5.74) is 5.79. The quantitative estimate of drug-likeness (QED) is 0.772. The summed E-state index contributed by atoms with van der Waals surface area (Å²) >= 11 is 0. The Balaban J connectivity index is 2.81. The van der Waals surface area contributed by atoms with E-state index in [1.165, 1.54) is 7.11 Å². The Hall–Kier alpha value is -1.29. The highest BCUT2D eigenvalue weighted by atomic mass is 16.5. The molecule has 2 atom stereocenters. The molecule has 96 valence electrons. The minimum atomic E-state index is -0.334. The number of rotatable bonds is 6. The zero-order valence-electron chi connectivity index (χ0n) is 10.7. The first-order valence-electron chi connectivity index (χ1n) is 5.86. The van der Waals surface area contributed by atoms with Crippen LogP contribution in [0.5, 0.6) is 0 Å². The number of methoxy groups -OCH3 is 1. The summed E-state index contributed by atoms with van der Waals surface area (Å²) in [6.45, 7) is 4.02. The van der Waals surface area contributed by atoms with Gasteiger partial charge < -0.3 is 14.9 Å². The molecule has 0 bridgehead atoms. The fraction of sp³-hybridized carbons (Fsp3) is 0.615. The first kappa shape index (κ1) is 13.8. The fourth-order valence-electron chi connectivity index (χ4n) is 2.03. The molecule has 17 heavy (non-hydrogen) atoms. The summed E-state index contributed by atoms with van der Waals surface area (Å²) in [6.07, 6.45) is 3.39. The van der Waals surface area contributed by atoms with Crippen molar-refractivity contribution in [2.24, 2.45) is 11.1 Å². The van der Waals surface area contributed by atoms with Gasteiger partial charge in [-0.25, -0.2) is 0 Å². The zero-order valence-corrected chi connectivity index (χ0v) is 10.7. The molecule has 0 saturated heterocycles. The van der Waals surface area contributed by atoms with E-state index in [1.54, 1.807) is 6.26 Å². The Morgan fingerprint density at radius 2 is 2.35 bits per heavy atom. The van der Waals surface area contributed by atoms with E-state index in [2.05, 4.69) is 0 Å². The van der Waals surface area contributed by atoms with Gasteiger partial charge in [-0.05, 0) is 18.6 Å². The standard InChI is InChI=1S/C13H21NO3/c1-4-11(14)13(2,9-12(15)16-3)8-10-6-5-7-17-10/h5-7,11H,4,8-9,14H2,1-3H3. The van der Waals surface area contributed by atoms with Gasteiger partial charge in [0.2, 0.25) is 0 Å². The van der Waals surface area contributed by atoms with Crippen molar-refractivity contribution in [3.05, 3.63) is 24.2 Å². The third-order valence-corrected chi connectivity index (χ3v) is 3.27. The predicted octanol–water partition coefficient (Wildman–Crippen LogP) is 2.13. The van der Waals surface area contributed by atoms with E-state index in [1.807, 2.05) is 26.0 Å². The van der Waals surface area contributed by atoms with Crippen LogP contribution in [0.25, 0.3) is 0 Å². The van der Waals surface area contributed by atoms with Crippen molar-refractivity contribution >= 4 is 5.97 Å². The van der Waals surface area contributed by atoms with Gasteiger partial charge in [0, 0.05) is 17.9 Å². The largest absolute Gasteiger partial charge is 0.469 e. The van der Waals surface area contributed by atoms with Crippen molar-refractivity contribution in [1.29, 1.82) is 0 Å². The predicted molar refractivity (Wildman–Crippen MR) is 65.4 cm³/mol. The number of ether oxygens (including phenoxy) is 1. The van der Waals surface area contributed by atoms with Crippen molar-refractivity contribution in [2.45, 2.75) is 39.2 Å². The second-order valence-corrected chi connectivity index (χ2v) is 4.68. The number of esters is 1. The van der Waals surface area contributed by atoms with Gasteiger partial charge in [-0.3, -0.25) is 4.79 Å².